The second-order valence-corrected chi connectivity index (χ2v) is 4.81. The van der Waals surface area contributed by atoms with E-state index in [0.717, 1.165) is 36.7 Å². The van der Waals surface area contributed by atoms with Crippen molar-refractivity contribution in [2.75, 3.05) is 20.8 Å². The zero-order valence-corrected chi connectivity index (χ0v) is 12.0. The Labute approximate surface area is 117 Å². The molecule has 2 aromatic rings. The average molecular weight is 278 g/mol. The molecule has 0 saturated heterocycles. The van der Waals surface area contributed by atoms with E-state index >= 15 is 0 Å². The third-order valence-corrected chi connectivity index (χ3v) is 3.46. The summed E-state index contributed by atoms with van der Waals surface area (Å²) in [5.41, 5.74) is 4.17. The number of benzene rings is 1. The molecule has 0 aliphatic carbocycles. The highest BCUT2D eigenvalue weighted by Crippen LogP contribution is 2.27. The predicted octanol–water partition coefficient (Wildman–Crippen LogP) is 2.49. The summed E-state index contributed by atoms with van der Waals surface area (Å²) in [5.74, 6) is 1.54. The summed E-state index contributed by atoms with van der Waals surface area (Å²) in [7, 11) is 3.30. The molecule has 102 valence electrons. The van der Waals surface area contributed by atoms with Gasteiger partial charge in [-0.15, -0.1) is 11.3 Å². The lowest BCUT2D eigenvalue weighted by Crippen LogP contribution is -2.16. The third-order valence-electron chi connectivity index (χ3n) is 2.83. The number of hydrogen-bond acceptors (Lipinski definition) is 5. The van der Waals surface area contributed by atoms with Crippen molar-refractivity contribution < 1.29 is 9.47 Å². The van der Waals surface area contributed by atoms with Gasteiger partial charge in [0.2, 0.25) is 0 Å². The summed E-state index contributed by atoms with van der Waals surface area (Å²) in [6, 6.07) is 6.02. The van der Waals surface area contributed by atoms with Crippen molar-refractivity contribution in [3.05, 3.63) is 40.3 Å². The van der Waals surface area contributed by atoms with Crippen LogP contribution in [0.5, 0.6) is 11.5 Å². The fourth-order valence-electron chi connectivity index (χ4n) is 1.81. The Morgan fingerprint density at radius 1 is 1.21 bits per heavy atom. The fourth-order valence-corrected chi connectivity index (χ4v) is 2.37. The summed E-state index contributed by atoms with van der Waals surface area (Å²) in [5, 5.41) is 5.43. The first kappa shape index (κ1) is 13.8. The summed E-state index contributed by atoms with van der Waals surface area (Å²) in [6.07, 6.45) is 0.949. The molecular weight excluding hydrogens is 260 g/mol. The van der Waals surface area contributed by atoms with Crippen molar-refractivity contribution in [3.63, 3.8) is 0 Å². The molecule has 19 heavy (non-hydrogen) atoms. The molecule has 1 N–H and O–H groups in total. The summed E-state index contributed by atoms with van der Waals surface area (Å²) < 4.78 is 10.5. The van der Waals surface area contributed by atoms with Gasteiger partial charge >= 0.3 is 0 Å². The first-order chi connectivity index (χ1) is 9.33. The van der Waals surface area contributed by atoms with Crippen molar-refractivity contribution in [2.45, 2.75) is 13.0 Å². The van der Waals surface area contributed by atoms with E-state index in [9.17, 15) is 0 Å². The quantitative estimate of drug-likeness (QED) is 0.790. The Kier molecular flexibility index (Phi) is 5.18. The van der Waals surface area contributed by atoms with Crippen LogP contribution in [0.2, 0.25) is 0 Å². The fraction of sp³-hybridized carbons (Fsp3) is 0.357. The number of thiazole rings is 1. The van der Waals surface area contributed by atoms with Gasteiger partial charge in [0.15, 0.2) is 11.5 Å². The molecule has 0 spiro atoms. The molecule has 1 heterocycles. The maximum atomic E-state index is 5.29. The number of rotatable bonds is 7. The highest BCUT2D eigenvalue weighted by atomic mass is 32.1. The zero-order valence-electron chi connectivity index (χ0n) is 11.2. The van der Waals surface area contributed by atoms with Crippen LogP contribution in [0.15, 0.2) is 29.1 Å². The molecule has 0 amide bonds. The van der Waals surface area contributed by atoms with Crippen LogP contribution in [0, 0.1) is 0 Å². The van der Waals surface area contributed by atoms with Gasteiger partial charge < -0.3 is 14.8 Å². The molecular formula is C14H18N2O2S. The van der Waals surface area contributed by atoms with Gasteiger partial charge in [0.05, 0.1) is 25.4 Å². The van der Waals surface area contributed by atoms with Crippen molar-refractivity contribution in [3.8, 4) is 11.5 Å². The molecule has 5 heteroatoms. The van der Waals surface area contributed by atoms with E-state index in [1.54, 1.807) is 25.6 Å². The largest absolute Gasteiger partial charge is 0.493 e. The minimum Gasteiger partial charge on any atom is -0.493 e. The molecule has 0 aliphatic heterocycles. The number of nitrogens with one attached hydrogen (secondary N) is 1. The lowest BCUT2D eigenvalue weighted by Gasteiger charge is -2.09. The van der Waals surface area contributed by atoms with Crippen molar-refractivity contribution in [2.24, 2.45) is 0 Å². The highest BCUT2D eigenvalue weighted by Gasteiger charge is 2.04. The molecule has 2 rings (SSSR count). The smallest absolute Gasteiger partial charge is 0.160 e. The monoisotopic (exact) mass is 278 g/mol. The van der Waals surface area contributed by atoms with Gasteiger partial charge in [-0.1, -0.05) is 6.07 Å². The zero-order chi connectivity index (χ0) is 13.5. The Morgan fingerprint density at radius 2 is 2.05 bits per heavy atom. The van der Waals surface area contributed by atoms with Crippen LogP contribution in [0.1, 0.15) is 11.3 Å². The average Bonchev–Trinajstić information content (AvgIpc) is 2.96. The predicted molar refractivity (Wildman–Crippen MR) is 77.1 cm³/mol. The first-order valence-corrected chi connectivity index (χ1v) is 7.06. The summed E-state index contributed by atoms with van der Waals surface area (Å²) in [6.45, 7) is 1.73. The van der Waals surface area contributed by atoms with E-state index in [2.05, 4.69) is 21.7 Å². The van der Waals surface area contributed by atoms with E-state index in [1.165, 1.54) is 5.56 Å². The second kappa shape index (κ2) is 7.11. The molecule has 0 radical (unpaired) electrons. The summed E-state index contributed by atoms with van der Waals surface area (Å²) in [4.78, 5) is 4.23. The van der Waals surface area contributed by atoms with Gasteiger partial charge in [-0.25, -0.2) is 4.98 Å². The van der Waals surface area contributed by atoms with Gasteiger partial charge in [-0.2, -0.15) is 0 Å². The molecule has 1 aromatic carbocycles. The van der Waals surface area contributed by atoms with Gasteiger partial charge in [0.25, 0.3) is 0 Å². The summed E-state index contributed by atoms with van der Waals surface area (Å²) >= 11 is 1.62. The Bertz CT molecular complexity index is 500. The standard InChI is InChI=1S/C14H18N2O2S/c1-17-13-4-3-11(7-14(13)18-2)5-6-15-8-12-9-19-10-16-12/h3-4,7,9-10,15H,5-6,8H2,1-2H3. The lowest BCUT2D eigenvalue weighted by molar-refractivity contribution is 0.354. The topological polar surface area (TPSA) is 43.4 Å². The minimum absolute atomic E-state index is 0.765. The molecule has 0 atom stereocenters. The normalized spacial score (nSPS) is 10.4. The van der Waals surface area contributed by atoms with Crippen LogP contribution in [0.25, 0.3) is 0 Å². The Morgan fingerprint density at radius 3 is 2.74 bits per heavy atom. The molecule has 0 saturated carbocycles. The van der Waals surface area contributed by atoms with Gasteiger partial charge in [-0.3, -0.25) is 0 Å². The minimum atomic E-state index is 0.765. The van der Waals surface area contributed by atoms with Crippen molar-refractivity contribution >= 4 is 11.3 Å². The molecule has 0 bridgehead atoms. The molecule has 0 unspecified atom stereocenters. The Hall–Kier alpha value is -1.59. The first-order valence-electron chi connectivity index (χ1n) is 6.12. The van der Waals surface area contributed by atoms with E-state index in [1.807, 2.05) is 17.6 Å². The van der Waals surface area contributed by atoms with Gasteiger partial charge in [0, 0.05) is 11.9 Å². The number of methoxy groups -OCH3 is 2. The number of ether oxygens (including phenoxy) is 2. The molecule has 4 nitrogen and oxygen atoms in total. The maximum Gasteiger partial charge on any atom is 0.160 e. The van der Waals surface area contributed by atoms with Crippen LogP contribution >= 0.6 is 11.3 Å². The van der Waals surface area contributed by atoms with Crippen LogP contribution in [-0.4, -0.2) is 25.7 Å². The SMILES string of the molecule is COc1ccc(CCNCc2cscn2)cc1OC. The van der Waals surface area contributed by atoms with Crippen molar-refractivity contribution in [1.29, 1.82) is 0 Å². The van der Waals surface area contributed by atoms with E-state index < -0.39 is 0 Å². The maximum absolute atomic E-state index is 5.29. The molecule has 0 aliphatic rings. The van der Waals surface area contributed by atoms with Crippen LogP contribution in [0.4, 0.5) is 0 Å². The third kappa shape index (κ3) is 3.94. The van der Waals surface area contributed by atoms with Crippen LogP contribution in [0.3, 0.4) is 0 Å². The Balaban J connectivity index is 1.82. The number of aromatic nitrogens is 1. The van der Waals surface area contributed by atoms with Crippen LogP contribution in [-0.2, 0) is 13.0 Å². The van der Waals surface area contributed by atoms with Crippen LogP contribution < -0.4 is 14.8 Å². The van der Waals surface area contributed by atoms with E-state index in [0.29, 0.717) is 0 Å². The molecule has 1 aromatic heterocycles. The van der Waals surface area contributed by atoms with Gasteiger partial charge in [-0.05, 0) is 30.7 Å². The highest BCUT2D eigenvalue weighted by molar-refractivity contribution is 7.07. The van der Waals surface area contributed by atoms with E-state index in [4.69, 9.17) is 9.47 Å². The molecule has 0 fully saturated rings. The van der Waals surface area contributed by atoms with Crippen molar-refractivity contribution in [1.82, 2.24) is 10.3 Å². The van der Waals surface area contributed by atoms with E-state index in [-0.39, 0.29) is 0 Å². The van der Waals surface area contributed by atoms with Gasteiger partial charge in [0.1, 0.15) is 0 Å². The number of hydrogen-bond donors (Lipinski definition) is 1. The number of nitrogens with zero attached hydrogens (tertiary/aromatic N) is 1. The lowest BCUT2D eigenvalue weighted by atomic mass is 10.1. The second-order valence-electron chi connectivity index (χ2n) is 4.10.